The Labute approximate surface area is 328 Å². The third kappa shape index (κ3) is 6.76. The molecular weight excluding hydrogens is 693 g/mol. The molecule has 0 N–H and O–H groups in total. The number of amides is 1. The molecule has 0 bridgehead atoms. The van der Waals surface area contributed by atoms with Crippen molar-refractivity contribution in [2.75, 3.05) is 13.1 Å². The second kappa shape index (κ2) is 16.1. The molecule has 0 saturated carbocycles. The molecule has 0 unspecified atom stereocenters. The molecule has 5 aromatic carbocycles. The van der Waals surface area contributed by atoms with Crippen LogP contribution in [0, 0.1) is 0 Å². The molecule has 1 amide bonds. The van der Waals surface area contributed by atoms with Crippen LogP contribution in [0.3, 0.4) is 0 Å². The van der Waals surface area contributed by atoms with Gasteiger partial charge in [0.25, 0.3) is 5.91 Å². The first-order chi connectivity index (χ1) is 27.6. The van der Waals surface area contributed by atoms with E-state index >= 15 is 0 Å². The minimum Gasteiger partial charge on any atom is -0.480 e. The number of likely N-dealkylation sites (tertiary alicyclic amines) is 1. The van der Waals surface area contributed by atoms with Crippen molar-refractivity contribution in [1.29, 1.82) is 0 Å². The molecule has 8 nitrogen and oxygen atoms in total. The van der Waals surface area contributed by atoms with Crippen LogP contribution in [0.5, 0.6) is 5.75 Å². The average molecular weight is 739 g/mol. The monoisotopic (exact) mass is 738 g/mol. The fourth-order valence-corrected chi connectivity index (χ4v) is 8.18. The van der Waals surface area contributed by atoms with Gasteiger partial charge in [-0.3, -0.25) is 4.79 Å². The van der Waals surface area contributed by atoms with Gasteiger partial charge >= 0.3 is 0 Å². The highest BCUT2D eigenvalue weighted by Gasteiger charge is 2.42. The first-order valence-electron chi connectivity index (χ1n) is 19.7. The lowest BCUT2D eigenvalue weighted by molar-refractivity contribution is 0.0519. The zero-order valence-electron chi connectivity index (χ0n) is 32.0. The summed E-state index contributed by atoms with van der Waals surface area (Å²) < 4.78 is 7.03. The van der Waals surface area contributed by atoms with E-state index in [1.165, 1.54) is 0 Å². The van der Waals surface area contributed by atoms with Crippen molar-refractivity contribution < 1.29 is 9.53 Å². The molecular formula is C48H46N6O2. The topological polar surface area (TPSA) is 86.0 Å². The van der Waals surface area contributed by atoms with Gasteiger partial charge in [0, 0.05) is 24.8 Å². The number of ether oxygens (including phenoxy) is 1. The molecule has 0 spiro atoms. The Bertz CT molecular complexity index is 2280. The molecule has 56 heavy (non-hydrogen) atoms. The number of hydrogen-bond acceptors (Lipinski definition) is 6. The SMILES string of the molecule is CCC(CC)(Oc1cccnc1C(=O)N1CCCCC1)c1ccc(-c2ccccc2)c(-c2nnn(C(c3ccccc3)(c3ccccc3)c3ccccc3)n2)c1. The van der Waals surface area contributed by atoms with Gasteiger partial charge in [0.15, 0.2) is 17.0 Å². The first-order valence-corrected chi connectivity index (χ1v) is 19.7. The van der Waals surface area contributed by atoms with Gasteiger partial charge in [-0.05, 0) is 88.9 Å². The van der Waals surface area contributed by atoms with E-state index in [1.54, 1.807) is 11.0 Å². The molecule has 7 aromatic rings. The number of pyridine rings is 1. The van der Waals surface area contributed by atoms with Gasteiger partial charge in [0.1, 0.15) is 5.60 Å². The van der Waals surface area contributed by atoms with E-state index < -0.39 is 11.1 Å². The molecule has 1 fully saturated rings. The lowest BCUT2D eigenvalue weighted by Crippen LogP contribution is -2.39. The van der Waals surface area contributed by atoms with Gasteiger partial charge in [0.05, 0.1) is 0 Å². The van der Waals surface area contributed by atoms with Crippen LogP contribution in [0.4, 0.5) is 0 Å². The number of benzene rings is 5. The summed E-state index contributed by atoms with van der Waals surface area (Å²) in [7, 11) is 0. The predicted octanol–water partition coefficient (Wildman–Crippen LogP) is 9.96. The zero-order valence-corrected chi connectivity index (χ0v) is 32.0. The quantitative estimate of drug-likeness (QED) is 0.116. The predicted molar refractivity (Wildman–Crippen MR) is 220 cm³/mol. The van der Waals surface area contributed by atoms with Gasteiger partial charge in [-0.25, -0.2) is 4.98 Å². The summed E-state index contributed by atoms with van der Waals surface area (Å²) >= 11 is 0. The summed E-state index contributed by atoms with van der Waals surface area (Å²) in [6, 6.07) is 51.5. The van der Waals surface area contributed by atoms with Crippen LogP contribution in [0.2, 0.25) is 0 Å². The van der Waals surface area contributed by atoms with Crippen LogP contribution in [0.25, 0.3) is 22.5 Å². The molecule has 2 aromatic heterocycles. The normalized spacial score (nSPS) is 13.4. The second-order valence-electron chi connectivity index (χ2n) is 14.3. The summed E-state index contributed by atoms with van der Waals surface area (Å²) in [6.45, 7) is 5.72. The lowest BCUT2D eigenvalue weighted by Gasteiger charge is -2.35. The van der Waals surface area contributed by atoms with Gasteiger partial charge in [0.2, 0.25) is 5.82 Å². The molecule has 1 aliphatic heterocycles. The Kier molecular flexibility index (Phi) is 10.5. The van der Waals surface area contributed by atoms with Gasteiger partial charge in [-0.2, -0.15) is 0 Å². The fourth-order valence-electron chi connectivity index (χ4n) is 8.18. The van der Waals surface area contributed by atoms with E-state index in [0.29, 0.717) is 30.1 Å². The first kappa shape index (κ1) is 36.6. The van der Waals surface area contributed by atoms with Crippen LogP contribution < -0.4 is 4.74 Å². The number of carbonyl (C=O) groups excluding carboxylic acids is 1. The highest BCUT2D eigenvalue weighted by molar-refractivity contribution is 5.95. The maximum Gasteiger partial charge on any atom is 0.276 e. The van der Waals surface area contributed by atoms with Crippen molar-refractivity contribution in [3.8, 4) is 28.3 Å². The standard InChI is InChI=1S/C48H46N6O2/c1-3-47(4-2,56-43-29-20-32-49-44(43)46(55)53-33-18-9-19-34-53)40-30-31-41(36-21-10-5-11-22-36)42(35-40)45-50-52-54(51-45)48(37-23-12-6-13-24-37,38-25-14-7-15-26-38)39-27-16-8-17-28-39/h5-8,10-17,20-32,35H,3-4,9,18-19,33-34H2,1-2H3. The molecule has 0 atom stereocenters. The van der Waals surface area contributed by atoms with E-state index in [2.05, 4.69) is 85.6 Å². The fraction of sp³-hybridized carbons (Fsp3) is 0.229. The largest absolute Gasteiger partial charge is 0.480 e. The zero-order chi connectivity index (χ0) is 38.4. The van der Waals surface area contributed by atoms with E-state index in [4.69, 9.17) is 20.1 Å². The number of hydrogen-bond donors (Lipinski definition) is 0. The molecule has 0 aliphatic carbocycles. The molecule has 1 aliphatic rings. The van der Waals surface area contributed by atoms with E-state index in [9.17, 15) is 4.79 Å². The maximum atomic E-state index is 13.8. The molecule has 8 rings (SSSR count). The van der Waals surface area contributed by atoms with Crippen molar-refractivity contribution >= 4 is 5.91 Å². The van der Waals surface area contributed by atoms with Crippen LogP contribution in [0.1, 0.15) is 78.7 Å². The Morgan fingerprint density at radius 3 is 1.79 bits per heavy atom. The number of rotatable bonds is 12. The number of carbonyl (C=O) groups is 1. The maximum absolute atomic E-state index is 13.8. The van der Waals surface area contributed by atoms with Crippen molar-refractivity contribution in [1.82, 2.24) is 30.1 Å². The van der Waals surface area contributed by atoms with E-state index in [-0.39, 0.29) is 5.91 Å². The Morgan fingerprint density at radius 1 is 0.643 bits per heavy atom. The number of piperidine rings is 1. The van der Waals surface area contributed by atoms with Crippen LogP contribution in [-0.4, -0.2) is 49.1 Å². The van der Waals surface area contributed by atoms with Crippen LogP contribution in [-0.2, 0) is 11.1 Å². The highest BCUT2D eigenvalue weighted by Crippen LogP contribution is 2.43. The number of aromatic nitrogens is 5. The van der Waals surface area contributed by atoms with Gasteiger partial charge in [-0.15, -0.1) is 15.0 Å². The van der Waals surface area contributed by atoms with Crippen molar-refractivity contribution in [2.24, 2.45) is 0 Å². The van der Waals surface area contributed by atoms with Crippen LogP contribution >= 0.6 is 0 Å². The van der Waals surface area contributed by atoms with Crippen molar-refractivity contribution in [3.05, 3.63) is 186 Å². The summed E-state index contributed by atoms with van der Waals surface area (Å²) in [5, 5.41) is 15.1. The van der Waals surface area contributed by atoms with Crippen molar-refractivity contribution in [3.63, 3.8) is 0 Å². The lowest BCUT2D eigenvalue weighted by atomic mass is 9.77. The highest BCUT2D eigenvalue weighted by atomic mass is 16.5. The molecule has 280 valence electrons. The van der Waals surface area contributed by atoms with Crippen LogP contribution in [0.15, 0.2) is 158 Å². The summed E-state index contributed by atoms with van der Waals surface area (Å²) in [5.74, 6) is 0.894. The second-order valence-corrected chi connectivity index (χ2v) is 14.3. The molecule has 1 saturated heterocycles. The van der Waals surface area contributed by atoms with Gasteiger partial charge < -0.3 is 9.64 Å². The third-order valence-corrected chi connectivity index (χ3v) is 11.2. The van der Waals surface area contributed by atoms with E-state index in [1.807, 2.05) is 89.8 Å². The number of nitrogens with zero attached hydrogens (tertiary/aromatic N) is 6. The third-order valence-electron chi connectivity index (χ3n) is 11.2. The Hall–Kier alpha value is -6.41. The summed E-state index contributed by atoms with van der Waals surface area (Å²) in [6.07, 6.45) is 6.12. The van der Waals surface area contributed by atoms with Gasteiger partial charge in [-0.1, -0.05) is 147 Å². The molecule has 8 heteroatoms. The van der Waals surface area contributed by atoms with E-state index in [0.717, 1.165) is 71.3 Å². The minimum absolute atomic E-state index is 0.0823. The molecule has 3 heterocycles. The summed E-state index contributed by atoms with van der Waals surface area (Å²) in [5.41, 5.74) is 5.47. The smallest absolute Gasteiger partial charge is 0.276 e. The number of tetrazole rings is 1. The minimum atomic E-state index is -0.920. The average Bonchev–Trinajstić information content (AvgIpc) is 3.78. The van der Waals surface area contributed by atoms with Crippen molar-refractivity contribution in [2.45, 2.75) is 57.1 Å². The molecule has 0 radical (unpaired) electrons. The Balaban J connectivity index is 1.28. The Morgan fingerprint density at radius 2 is 1.21 bits per heavy atom. The summed E-state index contributed by atoms with van der Waals surface area (Å²) in [4.78, 5) is 22.0.